The van der Waals surface area contributed by atoms with E-state index in [4.69, 9.17) is 0 Å². The predicted octanol–water partition coefficient (Wildman–Crippen LogP) is 6.67. The van der Waals surface area contributed by atoms with E-state index in [1.807, 2.05) is 0 Å². The van der Waals surface area contributed by atoms with Crippen LogP contribution >= 0.6 is 0 Å². The Morgan fingerprint density at radius 1 is 0.900 bits per heavy atom. The van der Waals surface area contributed by atoms with Crippen molar-refractivity contribution >= 4 is 0 Å². The van der Waals surface area contributed by atoms with Crippen LogP contribution in [0.3, 0.4) is 0 Å². The first-order valence-electron chi connectivity index (χ1n) is 8.49. The second-order valence-corrected chi connectivity index (χ2v) is 6.06. The van der Waals surface area contributed by atoms with Crippen LogP contribution in [-0.2, 0) is 20.9 Å². The summed E-state index contributed by atoms with van der Waals surface area (Å²) in [7, 11) is 0. The van der Waals surface area contributed by atoms with E-state index in [1.165, 1.54) is 91.5 Å². The van der Waals surface area contributed by atoms with Crippen molar-refractivity contribution in [2.45, 2.75) is 97.4 Å². The molecule has 0 aromatic rings. The third-order valence-electron chi connectivity index (χ3n) is 3.42. The van der Waals surface area contributed by atoms with Crippen molar-refractivity contribution in [3.8, 4) is 0 Å². The summed E-state index contributed by atoms with van der Waals surface area (Å²) in [4.78, 5) is 0. The molecule has 0 aliphatic heterocycles. The zero-order valence-corrected chi connectivity index (χ0v) is 17.3. The Labute approximate surface area is 141 Å². The van der Waals surface area contributed by atoms with Gasteiger partial charge in [0.15, 0.2) is 0 Å². The fourth-order valence-corrected chi connectivity index (χ4v) is 2.47. The molecule has 2 fully saturated rings. The maximum absolute atomic E-state index is 4.12. The summed E-state index contributed by atoms with van der Waals surface area (Å²) in [5, 5.41) is 0. The van der Waals surface area contributed by atoms with E-state index in [-0.39, 0.29) is 0 Å². The molecule has 2 rings (SSSR count). The first-order valence-corrected chi connectivity index (χ1v) is 9.93. The van der Waals surface area contributed by atoms with Crippen LogP contribution in [0.4, 0.5) is 0 Å². The smallest absolute Gasteiger partial charge is 0.0582 e. The molecule has 2 aliphatic carbocycles. The molecule has 1 unspecified atom stereocenters. The van der Waals surface area contributed by atoms with Crippen LogP contribution in [0.5, 0.6) is 0 Å². The molecule has 1 nitrogen and oxygen atoms in total. The SMILES string of the molecule is CCC(C)[N]=[Ta].[CH-]1CCCCC1.[CH-]1CCCCC1.[CH2-]C. The molecule has 1 atom stereocenters. The van der Waals surface area contributed by atoms with Gasteiger partial charge in [-0.25, -0.2) is 0 Å². The van der Waals surface area contributed by atoms with Gasteiger partial charge in [-0.3, -0.25) is 0 Å². The van der Waals surface area contributed by atoms with Crippen molar-refractivity contribution < 1.29 is 20.9 Å². The Morgan fingerprint density at radius 3 is 1.30 bits per heavy atom. The maximum Gasteiger partial charge on any atom is -0.0582 e. The molecule has 0 amide bonds. The van der Waals surface area contributed by atoms with Gasteiger partial charge in [0.2, 0.25) is 0 Å². The molecule has 0 bridgehead atoms. The van der Waals surface area contributed by atoms with Gasteiger partial charge in [-0.05, 0) is 0 Å². The molecule has 0 heterocycles. The largest absolute Gasteiger partial charge is 0.346 e. The van der Waals surface area contributed by atoms with Gasteiger partial charge >= 0.3 is 50.5 Å². The first-order chi connectivity index (χ1) is 9.81. The summed E-state index contributed by atoms with van der Waals surface area (Å²) < 4.78 is 4.12. The van der Waals surface area contributed by atoms with E-state index in [9.17, 15) is 0 Å². The molecule has 2 aliphatic rings. The van der Waals surface area contributed by atoms with Crippen molar-refractivity contribution in [2.24, 2.45) is 3.34 Å². The molecule has 0 aromatic heterocycles. The summed E-state index contributed by atoms with van der Waals surface area (Å²) in [6.07, 6.45) is 20.2. The molecular formula is C18H36NTa-3. The van der Waals surface area contributed by atoms with Gasteiger partial charge in [0.25, 0.3) is 0 Å². The number of hydrogen-bond donors (Lipinski definition) is 0. The average Bonchev–Trinajstić information content (AvgIpc) is 2.60. The van der Waals surface area contributed by atoms with Crippen molar-refractivity contribution in [1.82, 2.24) is 0 Å². The first kappa shape index (κ1) is 22.8. The van der Waals surface area contributed by atoms with E-state index >= 15 is 0 Å². The molecule has 0 N–H and O–H groups in total. The standard InChI is InChI=1S/2C6H11.C4H9N.C2H5.Ta/c2*1-2-4-6-5-3-1;1-3-4(2)5;1-2;/h2*1H,2-6H2;4H,3H2,1-2H3;1H2,2H3;/q2*-1;;-1;. The third kappa shape index (κ3) is 20.8. The minimum absolute atomic E-state index is 0.610. The van der Waals surface area contributed by atoms with E-state index in [1.54, 1.807) is 6.92 Å². The van der Waals surface area contributed by atoms with Gasteiger partial charge in [0, 0.05) is 0 Å². The Balaban J connectivity index is 0. The van der Waals surface area contributed by atoms with Crippen LogP contribution in [-0.4, -0.2) is 6.04 Å². The van der Waals surface area contributed by atoms with E-state index in [2.05, 4.69) is 37.0 Å². The molecule has 0 aromatic carbocycles. The number of rotatable bonds is 2. The van der Waals surface area contributed by atoms with E-state index < -0.39 is 0 Å². The minimum Gasteiger partial charge on any atom is -0.346 e. The van der Waals surface area contributed by atoms with Gasteiger partial charge in [-0.15, -0.1) is 0 Å². The van der Waals surface area contributed by atoms with Gasteiger partial charge in [-0.2, -0.15) is 32.6 Å². The summed E-state index contributed by atoms with van der Waals surface area (Å²) >= 11 is 1.18. The van der Waals surface area contributed by atoms with Crippen LogP contribution in [0.25, 0.3) is 0 Å². The van der Waals surface area contributed by atoms with Crippen molar-refractivity contribution in [3.63, 3.8) is 0 Å². The fourth-order valence-electron chi connectivity index (χ4n) is 1.88. The zero-order valence-electron chi connectivity index (χ0n) is 14.1. The summed E-state index contributed by atoms with van der Waals surface area (Å²) in [6, 6.07) is 0.610. The summed E-state index contributed by atoms with van der Waals surface area (Å²) in [6.45, 7) is 9.29. The van der Waals surface area contributed by atoms with Crippen LogP contribution in [0.2, 0.25) is 0 Å². The summed E-state index contributed by atoms with van der Waals surface area (Å²) in [5.41, 5.74) is 0. The molecule has 0 radical (unpaired) electrons. The molecule has 0 saturated heterocycles. The van der Waals surface area contributed by atoms with Crippen LogP contribution < -0.4 is 0 Å². The van der Waals surface area contributed by atoms with Gasteiger partial charge in [-0.1, -0.05) is 38.5 Å². The Morgan fingerprint density at radius 2 is 1.25 bits per heavy atom. The number of hydrogen-bond acceptors (Lipinski definition) is 1. The van der Waals surface area contributed by atoms with Crippen molar-refractivity contribution in [2.75, 3.05) is 0 Å². The van der Waals surface area contributed by atoms with Crippen molar-refractivity contribution in [1.29, 1.82) is 0 Å². The summed E-state index contributed by atoms with van der Waals surface area (Å²) in [5.74, 6) is 0. The van der Waals surface area contributed by atoms with Gasteiger partial charge in [0.05, 0.1) is 0 Å². The van der Waals surface area contributed by atoms with Gasteiger partial charge in [0.1, 0.15) is 0 Å². The fraction of sp³-hybridized carbons (Fsp3) is 0.833. The second kappa shape index (κ2) is 21.8. The predicted molar refractivity (Wildman–Crippen MR) is 88.0 cm³/mol. The molecule has 2 saturated carbocycles. The van der Waals surface area contributed by atoms with E-state index in [0.717, 1.165) is 0 Å². The maximum atomic E-state index is 4.12. The van der Waals surface area contributed by atoms with E-state index in [0.29, 0.717) is 6.04 Å². The average molecular weight is 447 g/mol. The minimum atomic E-state index is 0.610. The van der Waals surface area contributed by atoms with Crippen LogP contribution in [0.1, 0.15) is 91.4 Å². The normalized spacial score (nSPS) is 18.8. The van der Waals surface area contributed by atoms with Crippen molar-refractivity contribution in [3.05, 3.63) is 19.8 Å². The monoisotopic (exact) mass is 447 g/mol. The Hall–Kier alpha value is 0.540. The van der Waals surface area contributed by atoms with Crippen LogP contribution in [0, 0.1) is 19.8 Å². The molecule has 2 heteroatoms. The molecule has 20 heavy (non-hydrogen) atoms. The second-order valence-electron chi connectivity index (χ2n) is 5.23. The Bertz CT molecular complexity index is 128. The topological polar surface area (TPSA) is 12.4 Å². The van der Waals surface area contributed by atoms with Gasteiger partial charge < -0.3 is 19.8 Å². The quantitative estimate of drug-likeness (QED) is 0.420. The molecular weight excluding hydrogens is 411 g/mol. The van der Waals surface area contributed by atoms with Crippen LogP contribution in [0.15, 0.2) is 3.34 Å². The number of nitrogens with zero attached hydrogens (tertiary/aromatic N) is 1. The third-order valence-corrected chi connectivity index (χ3v) is 4.84. The zero-order chi connectivity index (χ0) is 15.5. The molecule has 0 spiro atoms. The Kier molecular flexibility index (Phi) is 24.9. The molecule has 121 valence electrons.